The Morgan fingerprint density at radius 2 is 1.88 bits per heavy atom. The van der Waals surface area contributed by atoms with Crippen molar-refractivity contribution in [3.8, 4) is 17.6 Å². The lowest BCUT2D eigenvalue weighted by Gasteiger charge is -2.13. The smallest absolute Gasteiger partial charge is 0.266 e. The third-order valence-electron chi connectivity index (χ3n) is 4.34. The van der Waals surface area contributed by atoms with Gasteiger partial charge in [-0.3, -0.25) is 4.79 Å². The fourth-order valence-electron chi connectivity index (χ4n) is 2.74. The van der Waals surface area contributed by atoms with Crippen LogP contribution in [0.4, 0.5) is 5.69 Å². The van der Waals surface area contributed by atoms with Gasteiger partial charge in [0.05, 0.1) is 7.11 Å². The fourth-order valence-corrected chi connectivity index (χ4v) is 3.64. The molecule has 8 heteroatoms. The SMILES string of the molecule is COc1cc(/C=C(\C#N)C(=O)Nc2cccc(Cl)c2)c(Br)cc1OCc1ccc(Br)cc1. The molecule has 0 unspecified atom stereocenters. The zero-order chi connectivity index (χ0) is 23.1. The number of rotatable bonds is 7. The van der Waals surface area contributed by atoms with Gasteiger partial charge >= 0.3 is 0 Å². The Bertz CT molecular complexity index is 1200. The molecule has 0 aliphatic heterocycles. The minimum Gasteiger partial charge on any atom is -0.493 e. The van der Waals surface area contributed by atoms with Gasteiger partial charge in [0, 0.05) is 19.7 Å². The Hall–Kier alpha value is -2.79. The molecule has 3 aromatic rings. The normalized spacial score (nSPS) is 10.9. The quantitative estimate of drug-likeness (QED) is 0.243. The van der Waals surface area contributed by atoms with Crippen LogP contribution in [0.2, 0.25) is 5.02 Å². The number of nitrogens with one attached hydrogen (secondary N) is 1. The van der Waals surface area contributed by atoms with Crippen LogP contribution < -0.4 is 14.8 Å². The lowest BCUT2D eigenvalue weighted by molar-refractivity contribution is -0.112. The molecule has 0 bridgehead atoms. The third kappa shape index (κ3) is 6.36. The van der Waals surface area contributed by atoms with Crippen LogP contribution in [0.25, 0.3) is 6.08 Å². The first kappa shape index (κ1) is 23.9. The largest absolute Gasteiger partial charge is 0.493 e. The first-order chi connectivity index (χ1) is 15.4. The molecule has 0 aromatic heterocycles. The molecule has 3 rings (SSSR count). The van der Waals surface area contributed by atoms with Crippen LogP contribution in [0.15, 0.2) is 75.2 Å². The van der Waals surface area contributed by atoms with E-state index in [9.17, 15) is 10.1 Å². The van der Waals surface area contributed by atoms with Crippen LogP contribution in [0.1, 0.15) is 11.1 Å². The summed E-state index contributed by atoms with van der Waals surface area (Å²) in [6.45, 7) is 0.358. The van der Waals surface area contributed by atoms with Crippen molar-refractivity contribution in [2.24, 2.45) is 0 Å². The average Bonchev–Trinajstić information content (AvgIpc) is 2.78. The minimum absolute atomic E-state index is 0.0729. The van der Waals surface area contributed by atoms with E-state index in [1.54, 1.807) is 36.4 Å². The number of halogens is 3. The molecule has 5 nitrogen and oxygen atoms in total. The van der Waals surface area contributed by atoms with Crippen LogP contribution in [0.5, 0.6) is 11.5 Å². The van der Waals surface area contributed by atoms with Crippen molar-refractivity contribution < 1.29 is 14.3 Å². The third-order valence-corrected chi connectivity index (χ3v) is 5.79. The molecule has 0 aliphatic carbocycles. The number of anilines is 1. The summed E-state index contributed by atoms with van der Waals surface area (Å²) in [6, 6.07) is 19.9. The highest BCUT2D eigenvalue weighted by Gasteiger charge is 2.14. The fraction of sp³-hybridized carbons (Fsp3) is 0.0833. The van der Waals surface area contributed by atoms with Crippen LogP contribution in [-0.4, -0.2) is 13.0 Å². The summed E-state index contributed by atoms with van der Waals surface area (Å²) in [7, 11) is 1.53. The highest BCUT2D eigenvalue weighted by Crippen LogP contribution is 2.35. The maximum absolute atomic E-state index is 12.6. The van der Waals surface area contributed by atoms with Crippen molar-refractivity contribution >= 4 is 61.1 Å². The Morgan fingerprint density at radius 1 is 1.12 bits per heavy atom. The van der Waals surface area contributed by atoms with Crippen molar-refractivity contribution in [3.63, 3.8) is 0 Å². The number of ether oxygens (including phenoxy) is 2. The highest BCUT2D eigenvalue weighted by molar-refractivity contribution is 9.10. The van der Waals surface area contributed by atoms with E-state index < -0.39 is 5.91 Å². The second-order valence-electron chi connectivity index (χ2n) is 6.57. The maximum Gasteiger partial charge on any atom is 0.266 e. The molecular formula is C24H17Br2ClN2O3. The zero-order valence-corrected chi connectivity index (χ0v) is 20.8. The van der Waals surface area contributed by atoms with Gasteiger partial charge in [-0.05, 0) is 59.7 Å². The summed E-state index contributed by atoms with van der Waals surface area (Å²) in [5, 5.41) is 12.7. The molecule has 0 radical (unpaired) electrons. The van der Waals surface area contributed by atoms with Crippen molar-refractivity contribution in [1.29, 1.82) is 5.26 Å². The summed E-state index contributed by atoms with van der Waals surface area (Å²) in [6.07, 6.45) is 1.48. The maximum atomic E-state index is 12.6. The Labute approximate surface area is 207 Å². The topological polar surface area (TPSA) is 71.3 Å². The zero-order valence-electron chi connectivity index (χ0n) is 16.9. The van der Waals surface area contributed by atoms with Gasteiger partial charge in [-0.25, -0.2) is 0 Å². The number of benzene rings is 3. The van der Waals surface area contributed by atoms with E-state index >= 15 is 0 Å². The number of carbonyl (C=O) groups is 1. The van der Waals surface area contributed by atoms with E-state index in [-0.39, 0.29) is 5.57 Å². The predicted molar refractivity (Wildman–Crippen MR) is 133 cm³/mol. The second kappa shape index (κ2) is 11.2. The summed E-state index contributed by atoms with van der Waals surface area (Å²) in [4.78, 5) is 12.6. The van der Waals surface area contributed by atoms with Crippen LogP contribution in [-0.2, 0) is 11.4 Å². The molecule has 0 aliphatic rings. The Morgan fingerprint density at radius 3 is 2.53 bits per heavy atom. The lowest BCUT2D eigenvalue weighted by Crippen LogP contribution is -2.13. The summed E-state index contributed by atoms with van der Waals surface area (Å²) in [5.41, 5.74) is 2.02. The van der Waals surface area contributed by atoms with E-state index in [0.717, 1.165) is 10.0 Å². The number of hydrogen-bond acceptors (Lipinski definition) is 4. The van der Waals surface area contributed by atoms with Crippen molar-refractivity contribution in [1.82, 2.24) is 0 Å². The highest BCUT2D eigenvalue weighted by atomic mass is 79.9. The molecule has 1 N–H and O–H groups in total. The van der Waals surface area contributed by atoms with Crippen LogP contribution in [0.3, 0.4) is 0 Å². The molecular weight excluding hydrogens is 560 g/mol. The van der Waals surface area contributed by atoms with Gasteiger partial charge in [0.2, 0.25) is 0 Å². The van der Waals surface area contributed by atoms with E-state index in [1.807, 2.05) is 30.3 Å². The van der Waals surface area contributed by atoms with Crippen molar-refractivity contribution in [2.45, 2.75) is 6.61 Å². The molecule has 0 heterocycles. The van der Waals surface area contributed by atoms with Gasteiger partial charge in [0.1, 0.15) is 18.2 Å². The molecule has 3 aromatic carbocycles. The molecule has 0 fully saturated rings. The lowest BCUT2D eigenvalue weighted by atomic mass is 10.1. The van der Waals surface area contributed by atoms with Gasteiger partial charge in [0.25, 0.3) is 5.91 Å². The van der Waals surface area contributed by atoms with Gasteiger partial charge < -0.3 is 14.8 Å². The number of methoxy groups -OCH3 is 1. The molecule has 32 heavy (non-hydrogen) atoms. The van der Waals surface area contributed by atoms with E-state index in [0.29, 0.717) is 38.9 Å². The summed E-state index contributed by atoms with van der Waals surface area (Å²) < 4.78 is 13.0. The Kier molecular flexibility index (Phi) is 8.34. The average molecular weight is 577 g/mol. The predicted octanol–water partition coefficient (Wildman–Crippen LogP) is 7.00. The first-order valence-corrected chi connectivity index (χ1v) is 11.3. The minimum atomic E-state index is -0.545. The number of hydrogen-bond donors (Lipinski definition) is 1. The second-order valence-corrected chi connectivity index (χ2v) is 8.78. The molecule has 0 atom stereocenters. The van der Waals surface area contributed by atoms with Crippen LogP contribution in [0, 0.1) is 11.3 Å². The van der Waals surface area contributed by atoms with E-state index in [4.69, 9.17) is 21.1 Å². The monoisotopic (exact) mass is 574 g/mol. The Balaban J connectivity index is 1.81. The molecule has 1 amide bonds. The molecule has 0 saturated heterocycles. The summed E-state index contributed by atoms with van der Waals surface area (Å²) >= 11 is 12.8. The standard InChI is InChI=1S/C24H17Br2ClN2O3/c1-31-22-10-16(9-17(13-28)24(30)29-20-4-2-3-19(27)11-20)21(26)12-23(22)32-14-15-5-7-18(25)8-6-15/h2-12H,14H2,1H3,(H,29,30)/b17-9+. The number of amides is 1. The van der Waals surface area contributed by atoms with Gasteiger partial charge in [-0.2, -0.15) is 5.26 Å². The summed E-state index contributed by atoms with van der Waals surface area (Å²) in [5.74, 6) is 0.460. The van der Waals surface area contributed by atoms with E-state index in [1.165, 1.54) is 13.2 Å². The number of nitrogens with zero attached hydrogens (tertiary/aromatic N) is 1. The van der Waals surface area contributed by atoms with Crippen molar-refractivity contribution in [3.05, 3.63) is 91.3 Å². The van der Waals surface area contributed by atoms with Gasteiger partial charge in [-0.15, -0.1) is 0 Å². The molecule has 0 spiro atoms. The molecule has 0 saturated carbocycles. The number of carbonyl (C=O) groups excluding carboxylic acids is 1. The van der Waals surface area contributed by atoms with Gasteiger partial charge in [-0.1, -0.05) is 61.7 Å². The van der Waals surface area contributed by atoms with Crippen LogP contribution >= 0.6 is 43.5 Å². The number of nitriles is 1. The van der Waals surface area contributed by atoms with E-state index in [2.05, 4.69) is 37.2 Å². The first-order valence-electron chi connectivity index (χ1n) is 9.33. The van der Waals surface area contributed by atoms with Crippen molar-refractivity contribution in [2.75, 3.05) is 12.4 Å². The molecule has 162 valence electrons. The van der Waals surface area contributed by atoms with Gasteiger partial charge in [0.15, 0.2) is 11.5 Å².